The van der Waals surface area contributed by atoms with Crippen molar-refractivity contribution in [3.8, 4) is 0 Å². The Kier molecular flexibility index (Phi) is 8.10. The van der Waals surface area contributed by atoms with Crippen LogP contribution in [0.4, 0.5) is 16.2 Å². The summed E-state index contributed by atoms with van der Waals surface area (Å²) < 4.78 is 32.3. The van der Waals surface area contributed by atoms with E-state index in [9.17, 15) is 18.0 Å². The van der Waals surface area contributed by atoms with E-state index in [-0.39, 0.29) is 35.7 Å². The van der Waals surface area contributed by atoms with Gasteiger partial charge >= 0.3 is 6.09 Å². The minimum Gasteiger partial charge on any atom is -0.449 e. The van der Waals surface area contributed by atoms with E-state index < -0.39 is 16.1 Å². The molecule has 1 saturated heterocycles. The number of nitrogens with zero attached hydrogens (tertiary/aromatic N) is 1. The number of nitrogens with one attached hydrogen (secondary N) is 2. The fourth-order valence-electron chi connectivity index (χ4n) is 3.53. The summed E-state index contributed by atoms with van der Waals surface area (Å²) in [6, 6.07) is 13.6. The number of aryl methyl sites for hydroxylation is 1. The summed E-state index contributed by atoms with van der Waals surface area (Å²) in [5.41, 5.74) is 2.06. The van der Waals surface area contributed by atoms with E-state index in [1.54, 1.807) is 48.5 Å². The van der Waals surface area contributed by atoms with Crippen molar-refractivity contribution in [2.24, 2.45) is 11.8 Å². The van der Waals surface area contributed by atoms with Gasteiger partial charge in [-0.15, -0.1) is 0 Å². The number of hydrogen-bond donors (Lipinski definition) is 2. The summed E-state index contributed by atoms with van der Waals surface area (Å²) in [7, 11) is -3.56. The highest BCUT2D eigenvalue weighted by atomic mass is 32.2. The second-order valence-electron chi connectivity index (χ2n) is 8.68. The smallest absolute Gasteiger partial charge is 0.411 e. The van der Waals surface area contributed by atoms with Crippen LogP contribution in [0.25, 0.3) is 0 Å². The lowest BCUT2D eigenvalue weighted by Gasteiger charge is -2.30. The summed E-state index contributed by atoms with van der Waals surface area (Å²) >= 11 is 0. The maximum atomic E-state index is 12.9. The van der Waals surface area contributed by atoms with Crippen LogP contribution in [0.15, 0.2) is 53.4 Å². The Bertz CT molecular complexity index is 1080. The molecule has 0 unspecified atom stereocenters. The lowest BCUT2D eigenvalue weighted by atomic mass is 9.97. The Balaban J connectivity index is 1.54. The van der Waals surface area contributed by atoms with Crippen LogP contribution in [-0.2, 0) is 19.6 Å². The van der Waals surface area contributed by atoms with E-state index in [0.717, 1.165) is 5.56 Å². The number of carbonyl (C=O) groups excluding carboxylic acids is 2. The van der Waals surface area contributed by atoms with Gasteiger partial charge in [0.25, 0.3) is 0 Å². The van der Waals surface area contributed by atoms with E-state index in [0.29, 0.717) is 30.8 Å². The van der Waals surface area contributed by atoms with Crippen LogP contribution in [0.2, 0.25) is 0 Å². The van der Waals surface area contributed by atoms with Gasteiger partial charge in [0, 0.05) is 30.4 Å². The number of hydrogen-bond acceptors (Lipinski definition) is 5. The quantitative estimate of drug-likeness (QED) is 0.626. The van der Waals surface area contributed by atoms with E-state index >= 15 is 0 Å². The van der Waals surface area contributed by atoms with Gasteiger partial charge in [0.15, 0.2) is 0 Å². The van der Waals surface area contributed by atoms with Crippen molar-refractivity contribution in [3.63, 3.8) is 0 Å². The Morgan fingerprint density at radius 1 is 1.03 bits per heavy atom. The maximum Gasteiger partial charge on any atom is 0.411 e. The third-order valence-corrected chi connectivity index (χ3v) is 7.32. The van der Waals surface area contributed by atoms with Gasteiger partial charge in [-0.05, 0) is 56.0 Å². The van der Waals surface area contributed by atoms with Crippen molar-refractivity contribution in [3.05, 3.63) is 54.1 Å². The average molecular weight is 474 g/mol. The zero-order valence-electron chi connectivity index (χ0n) is 19.2. The Morgan fingerprint density at radius 2 is 1.64 bits per heavy atom. The van der Waals surface area contributed by atoms with Crippen molar-refractivity contribution in [2.75, 3.05) is 30.3 Å². The first kappa shape index (κ1) is 24.7. The van der Waals surface area contributed by atoms with Crippen LogP contribution in [-0.4, -0.2) is 44.4 Å². The van der Waals surface area contributed by atoms with E-state index in [4.69, 9.17) is 4.74 Å². The van der Waals surface area contributed by atoms with Gasteiger partial charge in [-0.1, -0.05) is 37.6 Å². The number of amides is 2. The van der Waals surface area contributed by atoms with Gasteiger partial charge in [0.1, 0.15) is 0 Å². The zero-order chi connectivity index (χ0) is 24.0. The second kappa shape index (κ2) is 10.8. The molecule has 1 heterocycles. The van der Waals surface area contributed by atoms with Gasteiger partial charge in [-0.2, -0.15) is 4.31 Å². The number of carbonyl (C=O) groups is 2. The predicted molar refractivity (Wildman–Crippen MR) is 128 cm³/mol. The minimum absolute atomic E-state index is 0.165. The minimum atomic E-state index is -3.56. The topological polar surface area (TPSA) is 105 Å². The second-order valence-corrected chi connectivity index (χ2v) is 10.6. The first-order valence-corrected chi connectivity index (χ1v) is 12.5. The molecular formula is C24H31N3O5S. The molecule has 0 radical (unpaired) electrons. The molecule has 1 aliphatic rings. The van der Waals surface area contributed by atoms with E-state index in [2.05, 4.69) is 10.6 Å². The molecule has 2 N–H and O–H groups in total. The van der Waals surface area contributed by atoms with Crippen LogP contribution < -0.4 is 10.6 Å². The lowest BCUT2D eigenvalue weighted by Crippen LogP contribution is -2.41. The molecule has 0 atom stereocenters. The predicted octanol–water partition coefficient (Wildman–Crippen LogP) is 4.24. The van der Waals surface area contributed by atoms with Crippen LogP contribution in [0.5, 0.6) is 0 Å². The third-order valence-electron chi connectivity index (χ3n) is 5.41. The normalized spacial score (nSPS) is 15.3. The standard InChI is InChI=1S/C24H31N3O5S/c1-17(2)16-32-24(29)26-21-6-4-5-20(15-21)25-23(28)19-11-13-27(14-12-19)33(30,31)22-9-7-18(3)8-10-22/h4-10,15,17,19H,11-14,16H2,1-3H3,(H,25,28)(H,26,29). The average Bonchev–Trinajstić information content (AvgIpc) is 2.78. The molecule has 0 spiro atoms. The number of rotatable bonds is 7. The van der Waals surface area contributed by atoms with Crippen LogP contribution in [0, 0.1) is 18.8 Å². The SMILES string of the molecule is Cc1ccc(S(=O)(=O)N2CCC(C(=O)Nc3cccc(NC(=O)OCC(C)C)c3)CC2)cc1. The maximum absolute atomic E-state index is 12.9. The lowest BCUT2D eigenvalue weighted by molar-refractivity contribution is -0.120. The van der Waals surface area contributed by atoms with E-state index in [1.807, 2.05) is 20.8 Å². The van der Waals surface area contributed by atoms with Gasteiger partial charge in [-0.3, -0.25) is 10.1 Å². The molecule has 8 nitrogen and oxygen atoms in total. The molecule has 3 rings (SSSR count). The Hall–Kier alpha value is -2.91. The first-order valence-electron chi connectivity index (χ1n) is 11.1. The van der Waals surface area contributed by atoms with Gasteiger partial charge in [0.05, 0.1) is 11.5 Å². The number of anilines is 2. The summed E-state index contributed by atoms with van der Waals surface area (Å²) in [5, 5.41) is 5.51. The molecule has 0 saturated carbocycles. The molecule has 2 aromatic carbocycles. The molecule has 0 aromatic heterocycles. The van der Waals surface area contributed by atoms with Gasteiger partial charge < -0.3 is 10.1 Å². The highest BCUT2D eigenvalue weighted by molar-refractivity contribution is 7.89. The number of piperidine rings is 1. The van der Waals surface area contributed by atoms with Crippen molar-refractivity contribution < 1.29 is 22.7 Å². The Labute approximate surface area is 195 Å². The molecular weight excluding hydrogens is 442 g/mol. The highest BCUT2D eigenvalue weighted by Gasteiger charge is 2.32. The molecule has 2 aromatic rings. The summed E-state index contributed by atoms with van der Waals surface area (Å²) in [4.78, 5) is 24.9. The van der Waals surface area contributed by atoms with Gasteiger partial charge in [-0.25, -0.2) is 13.2 Å². The molecule has 1 aliphatic heterocycles. The number of ether oxygens (including phenoxy) is 1. The van der Waals surface area contributed by atoms with E-state index in [1.165, 1.54) is 4.31 Å². The van der Waals surface area contributed by atoms with Crippen LogP contribution in [0.3, 0.4) is 0 Å². The molecule has 0 bridgehead atoms. The van der Waals surface area contributed by atoms with Crippen LogP contribution in [0.1, 0.15) is 32.3 Å². The largest absolute Gasteiger partial charge is 0.449 e. The van der Waals surface area contributed by atoms with Crippen molar-refractivity contribution in [1.82, 2.24) is 4.31 Å². The summed E-state index contributed by atoms with van der Waals surface area (Å²) in [6.45, 7) is 6.71. The molecule has 1 fully saturated rings. The molecule has 33 heavy (non-hydrogen) atoms. The summed E-state index contributed by atoms with van der Waals surface area (Å²) in [5.74, 6) is -0.219. The fourth-order valence-corrected chi connectivity index (χ4v) is 5.00. The number of sulfonamides is 1. The van der Waals surface area contributed by atoms with Crippen LogP contribution >= 0.6 is 0 Å². The molecule has 178 valence electrons. The first-order chi connectivity index (χ1) is 15.6. The molecule has 9 heteroatoms. The summed E-state index contributed by atoms with van der Waals surface area (Å²) in [6.07, 6.45) is 0.335. The highest BCUT2D eigenvalue weighted by Crippen LogP contribution is 2.25. The fraction of sp³-hybridized carbons (Fsp3) is 0.417. The zero-order valence-corrected chi connectivity index (χ0v) is 20.0. The molecule has 0 aliphatic carbocycles. The Morgan fingerprint density at radius 3 is 2.24 bits per heavy atom. The number of benzene rings is 2. The van der Waals surface area contributed by atoms with Crippen molar-refractivity contribution in [1.29, 1.82) is 0 Å². The van der Waals surface area contributed by atoms with Crippen molar-refractivity contribution in [2.45, 2.75) is 38.5 Å². The van der Waals surface area contributed by atoms with Gasteiger partial charge in [0.2, 0.25) is 15.9 Å². The third kappa shape index (κ3) is 6.79. The monoisotopic (exact) mass is 473 g/mol. The van der Waals surface area contributed by atoms with Crippen molar-refractivity contribution >= 4 is 33.4 Å². The molecule has 2 amide bonds.